The van der Waals surface area contributed by atoms with Gasteiger partial charge in [-0.1, -0.05) is 6.92 Å². The van der Waals surface area contributed by atoms with Gasteiger partial charge in [-0.2, -0.15) is 0 Å². The van der Waals surface area contributed by atoms with Gasteiger partial charge in [0, 0.05) is 6.42 Å². The minimum absolute atomic E-state index is 0.255. The fourth-order valence-corrected chi connectivity index (χ4v) is 0.930. The lowest BCUT2D eigenvalue weighted by Gasteiger charge is -2.18. The van der Waals surface area contributed by atoms with Crippen molar-refractivity contribution in [3.05, 3.63) is 0 Å². The number of rotatable bonds is 7. The van der Waals surface area contributed by atoms with Crippen LogP contribution in [0.3, 0.4) is 0 Å². The van der Waals surface area contributed by atoms with Crippen molar-refractivity contribution in [1.82, 2.24) is 5.32 Å². The average molecular weight is 232 g/mol. The number of carbonyl (C=O) groups is 2. The lowest BCUT2D eigenvalue weighted by Crippen LogP contribution is -2.46. The predicted molar refractivity (Wildman–Crippen MR) is 58.7 cm³/mol. The SMILES string of the molecule is CC(CN)CCC(=O)NCC(C)(O)C(=O)O. The monoisotopic (exact) mass is 232 g/mol. The smallest absolute Gasteiger partial charge is 0.337 e. The second-order valence-corrected chi connectivity index (χ2v) is 4.24. The number of aliphatic carboxylic acids is 1. The van der Waals surface area contributed by atoms with E-state index in [4.69, 9.17) is 10.8 Å². The van der Waals surface area contributed by atoms with Gasteiger partial charge in [0.1, 0.15) is 0 Å². The predicted octanol–water partition coefficient (Wildman–Crippen LogP) is -0.687. The Labute approximate surface area is 94.8 Å². The number of hydrogen-bond acceptors (Lipinski definition) is 4. The molecule has 0 aliphatic rings. The van der Waals surface area contributed by atoms with Gasteiger partial charge in [-0.25, -0.2) is 4.79 Å². The van der Waals surface area contributed by atoms with E-state index in [0.717, 1.165) is 6.92 Å². The third-order valence-electron chi connectivity index (χ3n) is 2.36. The molecule has 2 atom stereocenters. The largest absolute Gasteiger partial charge is 0.479 e. The van der Waals surface area contributed by atoms with Crippen molar-refractivity contribution >= 4 is 11.9 Å². The molecule has 0 spiro atoms. The molecule has 0 fully saturated rings. The van der Waals surface area contributed by atoms with Crippen LogP contribution in [0.15, 0.2) is 0 Å². The number of aliphatic hydroxyl groups is 1. The summed E-state index contributed by atoms with van der Waals surface area (Å²) < 4.78 is 0. The summed E-state index contributed by atoms with van der Waals surface area (Å²) in [5.74, 6) is -1.38. The first-order valence-corrected chi connectivity index (χ1v) is 5.22. The lowest BCUT2D eigenvalue weighted by atomic mass is 10.1. The first-order chi connectivity index (χ1) is 7.29. The molecule has 16 heavy (non-hydrogen) atoms. The summed E-state index contributed by atoms with van der Waals surface area (Å²) in [6.45, 7) is 3.29. The van der Waals surface area contributed by atoms with E-state index in [2.05, 4.69) is 5.32 Å². The number of hydrogen-bond donors (Lipinski definition) is 4. The maximum absolute atomic E-state index is 11.3. The molecule has 0 heterocycles. The number of amides is 1. The molecule has 2 unspecified atom stereocenters. The summed E-state index contributed by atoms with van der Waals surface area (Å²) in [5.41, 5.74) is 3.47. The third kappa shape index (κ3) is 5.67. The molecule has 0 bridgehead atoms. The molecule has 6 heteroatoms. The van der Waals surface area contributed by atoms with Crippen LogP contribution in [0.5, 0.6) is 0 Å². The van der Waals surface area contributed by atoms with Gasteiger partial charge in [0.2, 0.25) is 5.91 Å². The van der Waals surface area contributed by atoms with E-state index >= 15 is 0 Å². The zero-order valence-corrected chi connectivity index (χ0v) is 9.69. The molecular weight excluding hydrogens is 212 g/mol. The average Bonchev–Trinajstić information content (AvgIpc) is 2.22. The van der Waals surface area contributed by atoms with E-state index in [1.807, 2.05) is 6.92 Å². The molecule has 94 valence electrons. The van der Waals surface area contributed by atoms with E-state index in [1.165, 1.54) is 0 Å². The summed E-state index contributed by atoms with van der Waals surface area (Å²) in [7, 11) is 0. The maximum Gasteiger partial charge on any atom is 0.337 e. The van der Waals surface area contributed by atoms with Crippen molar-refractivity contribution < 1.29 is 19.8 Å². The Morgan fingerprint density at radius 3 is 2.50 bits per heavy atom. The summed E-state index contributed by atoms with van der Waals surface area (Å²) in [6, 6.07) is 0. The zero-order valence-electron chi connectivity index (χ0n) is 9.69. The number of carboxylic acid groups (broad SMARTS) is 1. The Morgan fingerprint density at radius 1 is 1.50 bits per heavy atom. The molecule has 0 saturated heterocycles. The van der Waals surface area contributed by atoms with Gasteiger partial charge < -0.3 is 21.3 Å². The van der Waals surface area contributed by atoms with Crippen molar-refractivity contribution in [3.63, 3.8) is 0 Å². The molecule has 0 aliphatic carbocycles. The van der Waals surface area contributed by atoms with E-state index in [1.54, 1.807) is 0 Å². The van der Waals surface area contributed by atoms with E-state index in [0.29, 0.717) is 13.0 Å². The molecule has 0 rings (SSSR count). The Hall–Kier alpha value is -1.14. The van der Waals surface area contributed by atoms with Gasteiger partial charge in [-0.05, 0) is 25.8 Å². The number of nitrogens with two attached hydrogens (primary N) is 1. The second kappa shape index (κ2) is 6.44. The highest BCUT2D eigenvalue weighted by Crippen LogP contribution is 2.04. The van der Waals surface area contributed by atoms with E-state index in [9.17, 15) is 14.7 Å². The van der Waals surface area contributed by atoms with Gasteiger partial charge in [-0.3, -0.25) is 4.79 Å². The molecule has 0 radical (unpaired) electrons. The molecule has 1 amide bonds. The second-order valence-electron chi connectivity index (χ2n) is 4.24. The third-order valence-corrected chi connectivity index (χ3v) is 2.36. The van der Waals surface area contributed by atoms with E-state index < -0.39 is 11.6 Å². The molecule has 0 aliphatic heterocycles. The van der Waals surface area contributed by atoms with Gasteiger partial charge in [-0.15, -0.1) is 0 Å². The standard InChI is InChI=1S/C10H20N2O4/c1-7(5-11)3-4-8(13)12-6-10(2,16)9(14)15/h7,16H,3-6,11H2,1-2H3,(H,12,13)(H,14,15). The quantitative estimate of drug-likeness (QED) is 0.464. The van der Waals surface area contributed by atoms with Crippen LogP contribution in [0.25, 0.3) is 0 Å². The Bertz CT molecular complexity index is 253. The minimum Gasteiger partial charge on any atom is -0.479 e. The Morgan fingerprint density at radius 2 is 2.06 bits per heavy atom. The van der Waals surface area contributed by atoms with Crippen LogP contribution in [0.4, 0.5) is 0 Å². The molecule has 5 N–H and O–H groups in total. The van der Waals surface area contributed by atoms with Crippen molar-refractivity contribution in [3.8, 4) is 0 Å². The molecule has 0 aromatic heterocycles. The first kappa shape index (κ1) is 14.9. The van der Waals surface area contributed by atoms with Crippen LogP contribution >= 0.6 is 0 Å². The summed E-state index contributed by atoms with van der Waals surface area (Å²) in [4.78, 5) is 21.8. The van der Waals surface area contributed by atoms with Crippen molar-refractivity contribution in [2.75, 3.05) is 13.1 Å². The van der Waals surface area contributed by atoms with Gasteiger partial charge in [0.05, 0.1) is 6.54 Å². The topological polar surface area (TPSA) is 113 Å². The minimum atomic E-state index is -1.92. The number of carboxylic acids is 1. The zero-order chi connectivity index (χ0) is 12.8. The fraction of sp³-hybridized carbons (Fsp3) is 0.800. The van der Waals surface area contributed by atoms with Crippen molar-refractivity contribution in [2.24, 2.45) is 11.7 Å². The number of carbonyl (C=O) groups excluding carboxylic acids is 1. The highest BCUT2D eigenvalue weighted by Gasteiger charge is 2.30. The normalized spacial score (nSPS) is 16.2. The fourth-order valence-electron chi connectivity index (χ4n) is 0.930. The molecular formula is C10H20N2O4. The first-order valence-electron chi connectivity index (χ1n) is 5.22. The van der Waals surface area contributed by atoms with Crippen molar-refractivity contribution in [1.29, 1.82) is 0 Å². The molecule has 6 nitrogen and oxygen atoms in total. The summed E-state index contributed by atoms with van der Waals surface area (Å²) in [6.07, 6.45) is 0.936. The van der Waals surface area contributed by atoms with Crippen LogP contribution in [0.2, 0.25) is 0 Å². The van der Waals surface area contributed by atoms with Gasteiger partial charge in [0.15, 0.2) is 5.60 Å². The van der Waals surface area contributed by atoms with E-state index in [-0.39, 0.29) is 24.8 Å². The van der Waals surface area contributed by atoms with Crippen molar-refractivity contribution in [2.45, 2.75) is 32.3 Å². The molecule has 0 aromatic rings. The Kier molecular flexibility index (Phi) is 5.98. The maximum atomic E-state index is 11.3. The Balaban J connectivity index is 3.86. The highest BCUT2D eigenvalue weighted by molar-refractivity contribution is 5.80. The summed E-state index contributed by atoms with van der Waals surface area (Å²) >= 11 is 0. The van der Waals surface area contributed by atoms with Crippen LogP contribution in [-0.2, 0) is 9.59 Å². The van der Waals surface area contributed by atoms with Crippen LogP contribution < -0.4 is 11.1 Å². The summed E-state index contributed by atoms with van der Waals surface area (Å²) in [5, 5.41) is 20.3. The van der Waals surface area contributed by atoms with Crippen LogP contribution in [-0.4, -0.2) is 40.8 Å². The number of nitrogens with one attached hydrogen (secondary N) is 1. The molecule has 0 aromatic carbocycles. The molecule has 0 saturated carbocycles. The van der Waals surface area contributed by atoms with Crippen LogP contribution in [0.1, 0.15) is 26.7 Å². The van der Waals surface area contributed by atoms with Gasteiger partial charge in [0.25, 0.3) is 0 Å². The van der Waals surface area contributed by atoms with Crippen LogP contribution in [0, 0.1) is 5.92 Å². The lowest BCUT2D eigenvalue weighted by molar-refractivity contribution is -0.156. The van der Waals surface area contributed by atoms with Gasteiger partial charge >= 0.3 is 5.97 Å². The highest BCUT2D eigenvalue weighted by atomic mass is 16.4.